The van der Waals surface area contributed by atoms with Gasteiger partial charge in [0.1, 0.15) is 18.1 Å². The molecule has 0 saturated heterocycles. The number of furan rings is 1. The first kappa shape index (κ1) is 12.3. The molecule has 0 aliphatic rings. The molecule has 0 atom stereocenters. The summed E-state index contributed by atoms with van der Waals surface area (Å²) in [5.74, 6) is 2.56. The molecule has 1 rings (SSSR count). The minimum Gasteiger partial charge on any atom is -0.464 e. The Morgan fingerprint density at radius 3 is 2.80 bits per heavy atom. The maximum absolute atomic E-state index is 5.55. The van der Waals surface area contributed by atoms with Gasteiger partial charge in [0.15, 0.2) is 0 Å². The molecule has 0 fully saturated rings. The summed E-state index contributed by atoms with van der Waals surface area (Å²) in [6.45, 7) is 8.84. The summed E-state index contributed by atoms with van der Waals surface area (Å²) >= 11 is 0. The van der Waals surface area contributed by atoms with Gasteiger partial charge in [-0.05, 0) is 25.5 Å². The zero-order valence-electron chi connectivity index (χ0n) is 10.1. The molecule has 15 heavy (non-hydrogen) atoms. The Balaban J connectivity index is 2.46. The quantitative estimate of drug-likeness (QED) is 0.785. The van der Waals surface area contributed by atoms with Crippen molar-refractivity contribution in [3.05, 3.63) is 23.2 Å². The molecule has 0 spiro atoms. The third-order valence-corrected chi connectivity index (χ3v) is 2.23. The van der Waals surface area contributed by atoms with Crippen molar-refractivity contribution in [2.75, 3.05) is 13.7 Å². The van der Waals surface area contributed by atoms with Gasteiger partial charge in [0.25, 0.3) is 0 Å². The fourth-order valence-corrected chi connectivity index (χ4v) is 1.47. The van der Waals surface area contributed by atoms with Crippen molar-refractivity contribution in [2.24, 2.45) is 5.92 Å². The van der Waals surface area contributed by atoms with Gasteiger partial charge < -0.3 is 14.5 Å². The third kappa shape index (κ3) is 4.06. The number of ether oxygens (including phenoxy) is 1. The largest absolute Gasteiger partial charge is 0.464 e. The van der Waals surface area contributed by atoms with Gasteiger partial charge in [-0.25, -0.2) is 0 Å². The summed E-state index contributed by atoms with van der Waals surface area (Å²) in [6, 6.07) is 2.06. The van der Waals surface area contributed by atoms with Crippen molar-refractivity contribution in [1.29, 1.82) is 0 Å². The SMILES string of the molecule is COCc1cc(CNCC(C)C)c(C)o1. The van der Waals surface area contributed by atoms with Crippen molar-refractivity contribution in [2.45, 2.75) is 33.9 Å². The highest BCUT2D eigenvalue weighted by Crippen LogP contribution is 2.15. The summed E-state index contributed by atoms with van der Waals surface area (Å²) in [5, 5.41) is 3.40. The predicted molar refractivity (Wildman–Crippen MR) is 60.7 cm³/mol. The van der Waals surface area contributed by atoms with E-state index in [1.165, 1.54) is 5.56 Å². The lowest BCUT2D eigenvalue weighted by Gasteiger charge is -2.05. The molecule has 1 aromatic heterocycles. The Labute approximate surface area is 91.8 Å². The molecule has 0 amide bonds. The minimum absolute atomic E-state index is 0.547. The second-order valence-corrected chi connectivity index (χ2v) is 4.25. The average Bonchev–Trinajstić information content (AvgIpc) is 2.47. The number of aryl methyl sites for hydroxylation is 1. The van der Waals surface area contributed by atoms with Crippen LogP contribution in [0.15, 0.2) is 10.5 Å². The summed E-state index contributed by atoms with van der Waals surface area (Å²) in [5.41, 5.74) is 1.22. The molecule has 0 unspecified atom stereocenters. The van der Waals surface area contributed by atoms with Gasteiger partial charge in [0.2, 0.25) is 0 Å². The zero-order chi connectivity index (χ0) is 11.3. The molecule has 86 valence electrons. The van der Waals surface area contributed by atoms with Gasteiger partial charge in [0, 0.05) is 19.2 Å². The molecule has 3 heteroatoms. The lowest BCUT2D eigenvalue weighted by Crippen LogP contribution is -2.18. The number of rotatable bonds is 6. The molecule has 0 saturated carbocycles. The van der Waals surface area contributed by atoms with E-state index in [0.717, 1.165) is 24.6 Å². The van der Waals surface area contributed by atoms with Gasteiger partial charge in [-0.2, -0.15) is 0 Å². The van der Waals surface area contributed by atoms with Crippen LogP contribution >= 0.6 is 0 Å². The van der Waals surface area contributed by atoms with Gasteiger partial charge in [-0.15, -0.1) is 0 Å². The highest BCUT2D eigenvalue weighted by atomic mass is 16.5. The van der Waals surface area contributed by atoms with E-state index in [9.17, 15) is 0 Å². The van der Waals surface area contributed by atoms with Crippen molar-refractivity contribution in [3.63, 3.8) is 0 Å². The topological polar surface area (TPSA) is 34.4 Å². The molecule has 0 bridgehead atoms. The third-order valence-electron chi connectivity index (χ3n) is 2.23. The highest BCUT2D eigenvalue weighted by Gasteiger charge is 2.06. The molecule has 3 nitrogen and oxygen atoms in total. The fraction of sp³-hybridized carbons (Fsp3) is 0.667. The first-order valence-corrected chi connectivity index (χ1v) is 5.41. The number of methoxy groups -OCH3 is 1. The zero-order valence-corrected chi connectivity index (χ0v) is 10.1. The van der Waals surface area contributed by atoms with E-state index in [4.69, 9.17) is 9.15 Å². The summed E-state index contributed by atoms with van der Waals surface area (Å²) in [6.07, 6.45) is 0. The van der Waals surface area contributed by atoms with Crippen LogP contribution in [0.2, 0.25) is 0 Å². The number of hydrogen-bond donors (Lipinski definition) is 1. The normalized spacial score (nSPS) is 11.3. The Morgan fingerprint density at radius 2 is 2.20 bits per heavy atom. The van der Waals surface area contributed by atoms with Crippen molar-refractivity contribution in [3.8, 4) is 0 Å². The van der Waals surface area contributed by atoms with Gasteiger partial charge >= 0.3 is 0 Å². The monoisotopic (exact) mass is 211 g/mol. The van der Waals surface area contributed by atoms with E-state index in [1.807, 2.05) is 6.92 Å². The maximum Gasteiger partial charge on any atom is 0.130 e. The molecule has 0 aliphatic carbocycles. The Kier molecular flexibility index (Phi) is 4.85. The van der Waals surface area contributed by atoms with Gasteiger partial charge in [-0.3, -0.25) is 0 Å². The van der Waals surface area contributed by atoms with E-state index in [1.54, 1.807) is 7.11 Å². The molecule has 1 heterocycles. The van der Waals surface area contributed by atoms with Crippen molar-refractivity contribution >= 4 is 0 Å². The molecule has 0 radical (unpaired) electrons. The molecule has 1 N–H and O–H groups in total. The second-order valence-electron chi connectivity index (χ2n) is 4.25. The maximum atomic E-state index is 5.55. The lowest BCUT2D eigenvalue weighted by molar-refractivity contribution is 0.163. The molecule has 1 aromatic rings. The molecular weight excluding hydrogens is 190 g/mol. The standard InChI is InChI=1S/C12H21NO2/c1-9(2)6-13-7-11-5-12(8-14-4)15-10(11)3/h5,9,13H,6-8H2,1-4H3. The van der Waals surface area contributed by atoms with Crippen LogP contribution < -0.4 is 5.32 Å². The van der Waals surface area contributed by atoms with Crippen LogP contribution in [0, 0.1) is 12.8 Å². The molecular formula is C12H21NO2. The van der Waals surface area contributed by atoms with E-state index < -0.39 is 0 Å². The van der Waals surface area contributed by atoms with Crippen LogP contribution in [-0.2, 0) is 17.9 Å². The fourth-order valence-electron chi connectivity index (χ4n) is 1.47. The predicted octanol–water partition coefficient (Wildman–Crippen LogP) is 2.48. The number of nitrogens with one attached hydrogen (secondary N) is 1. The lowest BCUT2D eigenvalue weighted by atomic mass is 10.2. The second kappa shape index (κ2) is 5.93. The van der Waals surface area contributed by atoms with Gasteiger partial charge in [-0.1, -0.05) is 13.8 Å². The summed E-state index contributed by atoms with van der Waals surface area (Å²) in [7, 11) is 1.68. The summed E-state index contributed by atoms with van der Waals surface area (Å²) in [4.78, 5) is 0. The van der Waals surface area contributed by atoms with Crippen molar-refractivity contribution < 1.29 is 9.15 Å². The minimum atomic E-state index is 0.547. The summed E-state index contributed by atoms with van der Waals surface area (Å²) < 4.78 is 10.6. The van der Waals surface area contributed by atoms with E-state index in [0.29, 0.717) is 12.5 Å². The Hall–Kier alpha value is -0.800. The van der Waals surface area contributed by atoms with Crippen LogP contribution in [0.4, 0.5) is 0 Å². The van der Waals surface area contributed by atoms with Crippen molar-refractivity contribution in [1.82, 2.24) is 5.32 Å². The Morgan fingerprint density at radius 1 is 1.47 bits per heavy atom. The van der Waals surface area contributed by atoms with Crippen LogP contribution in [0.25, 0.3) is 0 Å². The van der Waals surface area contributed by atoms with Crippen LogP contribution in [0.3, 0.4) is 0 Å². The smallest absolute Gasteiger partial charge is 0.130 e. The van der Waals surface area contributed by atoms with E-state index in [-0.39, 0.29) is 0 Å². The first-order valence-electron chi connectivity index (χ1n) is 5.41. The van der Waals surface area contributed by atoms with Crippen LogP contribution in [0.1, 0.15) is 30.9 Å². The molecule has 0 aliphatic heterocycles. The van der Waals surface area contributed by atoms with E-state index in [2.05, 4.69) is 25.2 Å². The van der Waals surface area contributed by atoms with Gasteiger partial charge in [0.05, 0.1) is 0 Å². The van der Waals surface area contributed by atoms with E-state index >= 15 is 0 Å². The Bertz CT molecular complexity index is 292. The van der Waals surface area contributed by atoms with Crippen LogP contribution in [-0.4, -0.2) is 13.7 Å². The van der Waals surface area contributed by atoms with Crippen LogP contribution in [0.5, 0.6) is 0 Å². The first-order chi connectivity index (χ1) is 7.13. The average molecular weight is 211 g/mol. The number of hydrogen-bond acceptors (Lipinski definition) is 3. The molecule has 0 aromatic carbocycles. The highest BCUT2D eigenvalue weighted by molar-refractivity contribution is 5.20.